The molecule has 1 aliphatic carbocycles. The Kier molecular flexibility index (Phi) is 9.31. The van der Waals surface area contributed by atoms with Crippen molar-refractivity contribution in [3.05, 3.63) is 112 Å². The summed E-state index contributed by atoms with van der Waals surface area (Å²) in [5, 5.41) is 11.2. The van der Waals surface area contributed by atoms with Gasteiger partial charge in [-0.25, -0.2) is 4.42 Å². The molecule has 48 heavy (non-hydrogen) atoms. The Morgan fingerprint density at radius 1 is 0.708 bits per heavy atom. The molecule has 0 amide bonds. The Labute approximate surface area is 282 Å². The first-order valence-electron chi connectivity index (χ1n) is 15.6. The molecule has 0 spiro atoms. The highest BCUT2D eigenvalue weighted by atomic mass is 16.5. The topological polar surface area (TPSA) is 94.8 Å². The first-order valence-corrected chi connectivity index (χ1v) is 15.6. The number of allylic oxidation sites excluding steroid dienone is 7. The van der Waals surface area contributed by atoms with E-state index in [1.165, 1.54) is 0 Å². The molecule has 0 saturated carbocycles. The first-order chi connectivity index (χ1) is 22.7. The van der Waals surface area contributed by atoms with Crippen LogP contribution in [0.25, 0.3) is 23.2 Å². The zero-order valence-electron chi connectivity index (χ0n) is 29.2. The Morgan fingerprint density at radius 3 is 1.83 bits per heavy atom. The third-order valence-electron chi connectivity index (χ3n) is 8.07. The van der Waals surface area contributed by atoms with Crippen molar-refractivity contribution in [2.75, 3.05) is 28.4 Å². The van der Waals surface area contributed by atoms with Gasteiger partial charge in [0.2, 0.25) is 5.78 Å². The number of hydrogen-bond donors (Lipinski definition) is 1. The average Bonchev–Trinajstić information content (AvgIpc) is 3.07. The number of methoxy groups -OCH3 is 4. The molecule has 250 valence electrons. The minimum absolute atomic E-state index is 0.0727. The molecule has 3 aromatic rings. The van der Waals surface area contributed by atoms with Crippen molar-refractivity contribution in [1.29, 1.82) is 0 Å². The van der Waals surface area contributed by atoms with Gasteiger partial charge in [0, 0.05) is 23.1 Å². The summed E-state index contributed by atoms with van der Waals surface area (Å²) in [5.74, 6) is 4.62. The van der Waals surface area contributed by atoms with Crippen molar-refractivity contribution in [2.45, 2.75) is 47.0 Å². The van der Waals surface area contributed by atoms with Crippen LogP contribution in [0.3, 0.4) is 0 Å². The molecule has 0 saturated heterocycles. The quantitative estimate of drug-likeness (QED) is 0.190. The highest BCUT2D eigenvalue weighted by Crippen LogP contribution is 2.41. The van der Waals surface area contributed by atoms with Gasteiger partial charge in [0.05, 0.1) is 56.6 Å². The Hall–Kier alpha value is -5.24. The van der Waals surface area contributed by atoms with Crippen LogP contribution in [-0.2, 0) is 14.9 Å². The van der Waals surface area contributed by atoms with Gasteiger partial charge in [-0.1, -0.05) is 20.8 Å². The van der Waals surface area contributed by atoms with E-state index in [9.17, 15) is 9.90 Å². The van der Waals surface area contributed by atoms with Crippen LogP contribution in [0.15, 0.2) is 99.4 Å². The maximum absolute atomic E-state index is 13.5. The Balaban J connectivity index is 1.55. The van der Waals surface area contributed by atoms with E-state index < -0.39 is 0 Å². The number of benzene rings is 2. The Morgan fingerprint density at radius 2 is 1.29 bits per heavy atom. The van der Waals surface area contributed by atoms with Crippen LogP contribution in [-0.4, -0.2) is 39.3 Å². The van der Waals surface area contributed by atoms with Crippen LogP contribution >= 0.6 is 0 Å². The van der Waals surface area contributed by atoms with Crippen LogP contribution in [0.5, 0.6) is 23.0 Å². The second-order valence-electron chi connectivity index (χ2n) is 13.7. The minimum Gasteiger partial charge on any atom is -0.506 e. The van der Waals surface area contributed by atoms with E-state index in [2.05, 4.69) is 0 Å². The number of carbonyl (C=O) groups is 1. The molecular formula is C40H43O8+. The number of carbonyl (C=O) groups excluding carboxylic acids is 1. The van der Waals surface area contributed by atoms with Gasteiger partial charge < -0.3 is 28.8 Å². The fourth-order valence-corrected chi connectivity index (χ4v) is 5.26. The number of ether oxygens (including phenoxy) is 5. The van der Waals surface area contributed by atoms with E-state index in [1.54, 1.807) is 40.6 Å². The molecule has 2 aromatic carbocycles. The van der Waals surface area contributed by atoms with Gasteiger partial charge in [-0.05, 0) is 86.5 Å². The molecule has 1 aliphatic heterocycles. The predicted molar refractivity (Wildman–Crippen MR) is 187 cm³/mol. The monoisotopic (exact) mass is 651 g/mol. The third kappa shape index (κ3) is 6.88. The second kappa shape index (κ2) is 13.1. The highest BCUT2D eigenvalue weighted by Gasteiger charge is 2.35. The molecule has 0 unspecified atom stereocenters. The maximum Gasteiger partial charge on any atom is 0.360 e. The zero-order valence-corrected chi connectivity index (χ0v) is 29.2. The van der Waals surface area contributed by atoms with Gasteiger partial charge in [0.1, 0.15) is 17.3 Å². The molecule has 8 nitrogen and oxygen atoms in total. The van der Waals surface area contributed by atoms with Crippen molar-refractivity contribution in [3.8, 4) is 34.3 Å². The van der Waals surface area contributed by atoms with Gasteiger partial charge in [-0.3, -0.25) is 4.79 Å². The van der Waals surface area contributed by atoms with Crippen molar-refractivity contribution >= 4 is 17.6 Å². The van der Waals surface area contributed by atoms with Crippen molar-refractivity contribution in [2.24, 2.45) is 5.41 Å². The molecule has 1 N–H and O–H groups in total. The van der Waals surface area contributed by atoms with Crippen LogP contribution in [0.2, 0.25) is 0 Å². The smallest absolute Gasteiger partial charge is 0.360 e. The van der Waals surface area contributed by atoms with Crippen LogP contribution < -0.4 is 18.9 Å². The minimum atomic E-state index is -0.324. The van der Waals surface area contributed by atoms with Gasteiger partial charge in [-0.15, -0.1) is 0 Å². The fourth-order valence-electron chi connectivity index (χ4n) is 5.26. The molecule has 0 fully saturated rings. The number of Topliss-reactive ketones (excluding diaryl/α,β-unsaturated/α-hetero) is 1. The van der Waals surface area contributed by atoms with E-state index in [0.29, 0.717) is 57.2 Å². The largest absolute Gasteiger partial charge is 0.506 e. The normalized spacial score (nSPS) is 16.7. The highest BCUT2D eigenvalue weighted by molar-refractivity contribution is 6.23. The molecule has 2 aliphatic rings. The van der Waals surface area contributed by atoms with Gasteiger partial charge in [-0.2, -0.15) is 0 Å². The summed E-state index contributed by atoms with van der Waals surface area (Å²) in [7, 11) is 6.33. The molecule has 0 atom stereocenters. The van der Waals surface area contributed by atoms with Crippen molar-refractivity contribution in [1.82, 2.24) is 0 Å². The van der Waals surface area contributed by atoms with Gasteiger partial charge in [0.25, 0.3) is 0 Å². The van der Waals surface area contributed by atoms with Gasteiger partial charge >= 0.3 is 11.5 Å². The predicted octanol–water partition coefficient (Wildman–Crippen LogP) is 9.27. The molecule has 1 aromatic heterocycles. The number of aliphatic hydroxyl groups is 1. The average molecular weight is 652 g/mol. The lowest BCUT2D eigenvalue weighted by atomic mass is 9.84. The molecule has 0 bridgehead atoms. The molecule has 2 heterocycles. The lowest BCUT2D eigenvalue weighted by Gasteiger charge is -2.28. The van der Waals surface area contributed by atoms with E-state index in [0.717, 1.165) is 11.1 Å². The summed E-state index contributed by atoms with van der Waals surface area (Å²) >= 11 is 0. The molecule has 0 radical (unpaired) electrons. The molecule has 5 rings (SSSR count). The van der Waals surface area contributed by atoms with E-state index in [-0.39, 0.29) is 33.5 Å². The molecule has 8 heteroatoms. The SMILES string of the molecule is COc1ccc(C2=CC(=CC3=C(O)C(=Cc4cc(-c5ccc(OC)c(OC)c5)[o+]c(C(C)(C)C)c4)C3=O)C=C(C(C)(C)C)O2)cc1OC. The second-order valence-corrected chi connectivity index (χ2v) is 13.7. The summed E-state index contributed by atoms with van der Waals surface area (Å²) in [4.78, 5) is 13.5. The van der Waals surface area contributed by atoms with Crippen LogP contribution in [0.4, 0.5) is 0 Å². The van der Waals surface area contributed by atoms with Crippen molar-refractivity contribution < 1.29 is 38.0 Å². The summed E-state index contributed by atoms with van der Waals surface area (Å²) in [6.45, 7) is 12.3. The lowest BCUT2D eigenvalue weighted by Crippen LogP contribution is -2.21. The van der Waals surface area contributed by atoms with Gasteiger partial charge in [0.15, 0.2) is 23.0 Å². The first kappa shape index (κ1) is 34.1. The maximum atomic E-state index is 13.5. The lowest BCUT2D eigenvalue weighted by molar-refractivity contribution is -0.113. The van der Waals surface area contributed by atoms with E-state index in [4.69, 9.17) is 28.1 Å². The van der Waals surface area contributed by atoms with Crippen LogP contribution in [0.1, 0.15) is 58.4 Å². The van der Waals surface area contributed by atoms with E-state index in [1.807, 2.05) is 102 Å². The van der Waals surface area contributed by atoms with E-state index >= 15 is 0 Å². The summed E-state index contributed by atoms with van der Waals surface area (Å²) in [6.07, 6.45) is 7.12. The standard InChI is InChI=1S/C40H42O8/c1-39(2,3)35-19-23(17-31(47-35)25-11-13-29(43-7)33(21-25)45-9)15-27-37(41)28(38(27)42)16-24-18-32(48-36(20-24)40(4,5)6)26-12-14-30(44-8)34(22-26)46-10/h11-22H,1-10H3/p+1. The summed E-state index contributed by atoms with van der Waals surface area (Å²) in [5.41, 5.74) is 2.79. The number of rotatable bonds is 8. The number of aliphatic hydroxyl groups excluding tert-OH is 1. The van der Waals surface area contributed by atoms with Crippen molar-refractivity contribution in [3.63, 3.8) is 0 Å². The zero-order chi connectivity index (χ0) is 35.0. The Bertz CT molecular complexity index is 1920. The summed E-state index contributed by atoms with van der Waals surface area (Å²) in [6, 6.07) is 14.8. The third-order valence-corrected chi connectivity index (χ3v) is 8.07. The van der Waals surface area contributed by atoms with Crippen LogP contribution in [0, 0.1) is 5.41 Å². The number of hydrogen-bond acceptors (Lipinski definition) is 7. The molecular weight excluding hydrogens is 608 g/mol. The number of ketones is 1. The summed E-state index contributed by atoms with van der Waals surface area (Å²) < 4.78 is 34.5. The fraction of sp³-hybridized carbons (Fsp3) is 0.300.